The van der Waals surface area contributed by atoms with E-state index in [0.717, 1.165) is 0 Å². The summed E-state index contributed by atoms with van der Waals surface area (Å²) in [6.07, 6.45) is 1.05. The van der Waals surface area contributed by atoms with Crippen molar-refractivity contribution in [2.24, 2.45) is 0 Å². The van der Waals surface area contributed by atoms with E-state index in [0.29, 0.717) is 22.6 Å². The molecule has 0 spiro atoms. The maximum atomic E-state index is 11.3. The summed E-state index contributed by atoms with van der Waals surface area (Å²) < 4.78 is 26.2. The molecular weight excluding hydrogens is 392 g/mol. The van der Waals surface area contributed by atoms with Gasteiger partial charge in [-0.15, -0.1) is 0 Å². The highest BCUT2D eigenvalue weighted by Gasteiger charge is 2.25. The van der Waals surface area contributed by atoms with Crippen LogP contribution < -0.4 is 14.2 Å². The number of hydrogen-bond donors (Lipinski definition) is 2. The van der Waals surface area contributed by atoms with Crippen LogP contribution in [0, 0.1) is 0 Å². The minimum absolute atomic E-state index is 0.0325. The van der Waals surface area contributed by atoms with Crippen molar-refractivity contribution < 1.29 is 38.7 Å². The number of benzene rings is 2. The zero-order valence-corrected chi connectivity index (χ0v) is 17.3. The van der Waals surface area contributed by atoms with Gasteiger partial charge in [-0.25, -0.2) is 4.79 Å². The minimum atomic E-state index is -1.07. The van der Waals surface area contributed by atoms with Crippen molar-refractivity contribution in [2.75, 3.05) is 35.0 Å². The van der Waals surface area contributed by atoms with Gasteiger partial charge in [0.25, 0.3) is 0 Å². The Morgan fingerprint density at radius 2 is 1.73 bits per heavy atom. The lowest BCUT2D eigenvalue weighted by atomic mass is 10.0. The van der Waals surface area contributed by atoms with Gasteiger partial charge in [0.05, 0.1) is 27.9 Å². The second kappa shape index (κ2) is 11.1. The number of methoxy groups -OCH3 is 4. The van der Waals surface area contributed by atoms with Crippen LogP contribution in [-0.2, 0) is 14.3 Å². The predicted molar refractivity (Wildman–Crippen MR) is 110 cm³/mol. The smallest absolute Gasteiger partial charge is 0.330 e. The summed E-state index contributed by atoms with van der Waals surface area (Å²) in [5, 5.41) is 20.6. The van der Waals surface area contributed by atoms with Crippen LogP contribution in [0.4, 0.5) is 0 Å². The third kappa shape index (κ3) is 5.88. The Kier molecular flexibility index (Phi) is 8.52. The Labute approximate surface area is 175 Å². The summed E-state index contributed by atoms with van der Waals surface area (Å²) in [7, 11) is 5.71. The first-order valence-corrected chi connectivity index (χ1v) is 9.08. The maximum Gasteiger partial charge on any atom is 0.330 e. The number of rotatable bonds is 10. The number of carbonyl (C=O) groups is 1. The zero-order valence-electron chi connectivity index (χ0n) is 17.3. The maximum absolute atomic E-state index is 11.3. The summed E-state index contributed by atoms with van der Waals surface area (Å²) in [4.78, 5) is 11.3. The van der Waals surface area contributed by atoms with Gasteiger partial charge in [-0.05, 0) is 41.5 Å². The molecule has 8 nitrogen and oxygen atoms in total. The molecule has 0 fully saturated rings. The van der Waals surface area contributed by atoms with Crippen LogP contribution in [0.1, 0.15) is 17.2 Å². The number of ether oxygens (including phenoxy) is 5. The number of phenolic OH excluding ortho intramolecular Hbond substituents is 1. The summed E-state index contributed by atoms with van der Waals surface area (Å²) in [5.41, 5.74) is 1.19. The van der Waals surface area contributed by atoms with E-state index in [4.69, 9.17) is 18.9 Å². The molecule has 0 radical (unpaired) electrons. The third-order valence-corrected chi connectivity index (χ3v) is 4.31. The molecule has 1 unspecified atom stereocenters. The van der Waals surface area contributed by atoms with Crippen molar-refractivity contribution in [2.45, 2.75) is 12.2 Å². The molecule has 0 bridgehead atoms. The Bertz CT molecular complexity index is 877. The molecule has 0 aromatic heterocycles. The monoisotopic (exact) mass is 418 g/mol. The Morgan fingerprint density at radius 3 is 2.37 bits per heavy atom. The lowest BCUT2D eigenvalue weighted by Gasteiger charge is -2.25. The number of aliphatic hydroxyl groups excluding tert-OH is 1. The molecule has 0 saturated carbocycles. The van der Waals surface area contributed by atoms with E-state index < -0.39 is 18.2 Å². The standard InChI is InChI=1S/C22H26O8/c1-26-13-20(22(25)15-7-8-16(23)18(12-15)27-2)30-17-9-5-14(11-19(17)28-3)6-10-21(24)29-4/h5-12,20,22-23,25H,13H2,1-4H3/b10-6+/t20-,22?/m0/s1. The fraction of sp³-hybridized carbons (Fsp3) is 0.318. The van der Waals surface area contributed by atoms with Gasteiger partial charge < -0.3 is 33.9 Å². The van der Waals surface area contributed by atoms with Crippen molar-refractivity contribution in [3.63, 3.8) is 0 Å². The Morgan fingerprint density at radius 1 is 1.00 bits per heavy atom. The van der Waals surface area contributed by atoms with E-state index in [2.05, 4.69) is 4.74 Å². The van der Waals surface area contributed by atoms with Crippen LogP contribution in [0.2, 0.25) is 0 Å². The van der Waals surface area contributed by atoms with Gasteiger partial charge in [0, 0.05) is 13.2 Å². The predicted octanol–water partition coefficient (Wildman–Crippen LogP) is 2.72. The molecule has 0 aliphatic heterocycles. The average Bonchev–Trinajstić information content (AvgIpc) is 2.77. The molecule has 0 aliphatic rings. The summed E-state index contributed by atoms with van der Waals surface area (Å²) in [5.74, 6) is 0.539. The molecule has 0 aliphatic carbocycles. The SMILES string of the molecule is COC[C@H](Oc1ccc(/C=C/C(=O)OC)cc1OC)C(O)c1ccc(O)c(OC)c1. The van der Waals surface area contributed by atoms with Crippen molar-refractivity contribution >= 4 is 12.0 Å². The summed E-state index contributed by atoms with van der Waals surface area (Å²) >= 11 is 0. The van der Waals surface area contributed by atoms with Crippen LogP contribution in [0.15, 0.2) is 42.5 Å². The normalized spacial score (nSPS) is 13.0. The number of aromatic hydroxyl groups is 1. The molecule has 2 aromatic carbocycles. The van der Waals surface area contributed by atoms with E-state index in [9.17, 15) is 15.0 Å². The number of phenols is 1. The molecule has 8 heteroatoms. The Balaban J connectivity index is 2.27. The number of carbonyl (C=O) groups excluding carboxylic acids is 1. The molecule has 0 saturated heterocycles. The second-order valence-corrected chi connectivity index (χ2v) is 6.25. The van der Waals surface area contributed by atoms with Gasteiger partial charge >= 0.3 is 5.97 Å². The molecule has 0 heterocycles. The molecule has 162 valence electrons. The molecule has 2 rings (SSSR count). The Hall–Kier alpha value is -3.23. The second-order valence-electron chi connectivity index (χ2n) is 6.25. The molecule has 2 N–H and O–H groups in total. The van der Waals surface area contributed by atoms with E-state index >= 15 is 0 Å². The first kappa shape index (κ1) is 23.1. The van der Waals surface area contributed by atoms with E-state index in [1.807, 2.05) is 0 Å². The minimum Gasteiger partial charge on any atom is -0.504 e. The van der Waals surface area contributed by atoms with Crippen LogP contribution >= 0.6 is 0 Å². The number of esters is 1. The average molecular weight is 418 g/mol. The van der Waals surface area contributed by atoms with Gasteiger partial charge in [0.15, 0.2) is 29.1 Å². The van der Waals surface area contributed by atoms with E-state index in [-0.39, 0.29) is 18.1 Å². The van der Waals surface area contributed by atoms with Crippen molar-refractivity contribution in [1.29, 1.82) is 0 Å². The summed E-state index contributed by atoms with van der Waals surface area (Å²) in [6.45, 7) is 0.0947. The van der Waals surface area contributed by atoms with Crippen LogP contribution in [0.5, 0.6) is 23.0 Å². The first-order valence-electron chi connectivity index (χ1n) is 9.08. The largest absolute Gasteiger partial charge is 0.504 e. The third-order valence-electron chi connectivity index (χ3n) is 4.31. The first-order chi connectivity index (χ1) is 14.4. The summed E-state index contributed by atoms with van der Waals surface area (Å²) in [6, 6.07) is 9.63. The topological polar surface area (TPSA) is 104 Å². The fourth-order valence-electron chi connectivity index (χ4n) is 2.73. The highest BCUT2D eigenvalue weighted by Crippen LogP contribution is 2.34. The lowest BCUT2D eigenvalue weighted by Crippen LogP contribution is -2.30. The molecule has 30 heavy (non-hydrogen) atoms. The lowest BCUT2D eigenvalue weighted by molar-refractivity contribution is -0.134. The van der Waals surface area contributed by atoms with Crippen LogP contribution in [0.3, 0.4) is 0 Å². The highest BCUT2D eigenvalue weighted by molar-refractivity contribution is 5.87. The van der Waals surface area contributed by atoms with Gasteiger partial charge in [0.2, 0.25) is 0 Å². The van der Waals surface area contributed by atoms with Gasteiger partial charge in [-0.3, -0.25) is 0 Å². The highest BCUT2D eigenvalue weighted by atomic mass is 16.6. The quantitative estimate of drug-likeness (QED) is 0.448. The van der Waals surface area contributed by atoms with Gasteiger partial charge in [0.1, 0.15) is 6.10 Å². The fourth-order valence-corrected chi connectivity index (χ4v) is 2.73. The number of hydrogen-bond acceptors (Lipinski definition) is 8. The number of aliphatic hydroxyl groups is 1. The van der Waals surface area contributed by atoms with Crippen molar-refractivity contribution in [3.05, 3.63) is 53.6 Å². The van der Waals surface area contributed by atoms with Crippen molar-refractivity contribution in [1.82, 2.24) is 0 Å². The molecule has 0 amide bonds. The zero-order chi connectivity index (χ0) is 22.1. The molecule has 2 aromatic rings. The van der Waals surface area contributed by atoms with Crippen molar-refractivity contribution in [3.8, 4) is 23.0 Å². The van der Waals surface area contributed by atoms with E-state index in [1.165, 1.54) is 46.6 Å². The molecular formula is C22H26O8. The van der Waals surface area contributed by atoms with Crippen LogP contribution in [0.25, 0.3) is 6.08 Å². The van der Waals surface area contributed by atoms with Crippen LogP contribution in [-0.4, -0.2) is 57.3 Å². The van der Waals surface area contributed by atoms with Gasteiger partial charge in [-0.1, -0.05) is 12.1 Å². The van der Waals surface area contributed by atoms with Gasteiger partial charge in [-0.2, -0.15) is 0 Å². The van der Waals surface area contributed by atoms with E-state index in [1.54, 1.807) is 30.3 Å². The molecule has 2 atom stereocenters.